The number of hydrogen-bond acceptors (Lipinski definition) is 21. The van der Waals surface area contributed by atoms with Crippen molar-refractivity contribution < 1.29 is 89.4 Å². The van der Waals surface area contributed by atoms with Crippen LogP contribution in [0.25, 0.3) is 9.69 Å². The van der Waals surface area contributed by atoms with Crippen LogP contribution in [0.15, 0.2) is 60.7 Å². The highest BCUT2D eigenvalue weighted by atomic mass is 32.7. The number of aliphatic hydroxyl groups is 3. The summed E-state index contributed by atoms with van der Waals surface area (Å²) in [4.78, 5) is 32.5. The largest absolute Gasteiger partial charge is 0.453 e. The maximum atomic E-state index is 14.3. The number of carbonyl (C=O) groups is 2. The van der Waals surface area contributed by atoms with Crippen LogP contribution in [0.4, 0.5) is 0 Å². The SMILES string of the molecule is [C-]#[N+]CCSP(=O)(OC[C@H]1O[C@@H](C)[C@@](C)(O)C1OC(=O)c1ccccc1)O[C@H]1C(O[Si](C)(C)C(C)(C)C)[C@@H](CC)O[C@H]1C.[C-]#[N+]CCSP(=O)(OC[C@H]1O[C@@H](C)[C@@](C)(O)C1OC(=O)c1ccccc1)O[C@H]1C(O[Si](C)(C)C(C)(C)C)[C@@H](CO)O[C@H]1C. The van der Waals surface area contributed by atoms with Gasteiger partial charge in [0.25, 0.3) is 0 Å². The van der Waals surface area contributed by atoms with Crippen molar-refractivity contribution in [3.63, 3.8) is 0 Å². The van der Waals surface area contributed by atoms with E-state index in [2.05, 4.69) is 77.4 Å². The summed E-state index contributed by atoms with van der Waals surface area (Å²) in [5, 5.41) is 32.2. The van der Waals surface area contributed by atoms with Gasteiger partial charge in [-0.15, -0.1) is 0 Å². The molecule has 4 saturated heterocycles. The van der Waals surface area contributed by atoms with Gasteiger partial charge in [0.15, 0.2) is 28.8 Å². The van der Waals surface area contributed by atoms with Gasteiger partial charge in [-0.2, -0.15) is 0 Å². The second-order valence-corrected chi connectivity index (χ2v) is 43.4. The van der Waals surface area contributed by atoms with Crippen molar-refractivity contribution in [2.45, 2.75) is 229 Å². The summed E-state index contributed by atoms with van der Waals surface area (Å²) in [6.07, 6.45) is -9.42. The zero-order chi connectivity index (χ0) is 64.4. The van der Waals surface area contributed by atoms with E-state index in [1.807, 2.05) is 13.8 Å². The van der Waals surface area contributed by atoms with E-state index in [0.29, 0.717) is 17.5 Å². The van der Waals surface area contributed by atoms with Gasteiger partial charge in [0.1, 0.15) is 53.9 Å². The molecule has 0 aromatic heterocycles. The highest BCUT2D eigenvalue weighted by Gasteiger charge is 2.58. The van der Waals surface area contributed by atoms with E-state index < -0.39 is 133 Å². The van der Waals surface area contributed by atoms with Crippen LogP contribution in [0.1, 0.15) is 117 Å². The monoisotopic (exact) mass is 1320 g/mol. The Morgan fingerprint density at radius 1 is 0.605 bits per heavy atom. The Kier molecular flexibility index (Phi) is 26.5. The number of carbonyl (C=O) groups excluding carboxylic acids is 2. The van der Waals surface area contributed by atoms with Crippen LogP contribution >= 0.6 is 36.4 Å². The van der Waals surface area contributed by atoms with E-state index in [1.165, 1.54) is 13.8 Å². The fourth-order valence-electron chi connectivity index (χ4n) is 9.44. The third-order valence-corrected chi connectivity index (χ3v) is 33.4. The molecule has 4 aliphatic heterocycles. The lowest BCUT2D eigenvalue weighted by Gasteiger charge is -2.40. The fraction of sp³-hybridized carbons (Fsp3) is 0.729. The second kappa shape index (κ2) is 30.7. The smallest absolute Gasteiger partial charge is 0.389 e. The molecule has 86 heavy (non-hydrogen) atoms. The van der Waals surface area contributed by atoms with Crippen molar-refractivity contribution in [1.82, 2.24) is 0 Å². The van der Waals surface area contributed by atoms with Crippen LogP contribution in [0.2, 0.25) is 36.3 Å². The zero-order valence-corrected chi connectivity index (χ0v) is 58.4. The highest BCUT2D eigenvalue weighted by molar-refractivity contribution is 8.55. The molecule has 6 unspecified atom stereocenters. The molecule has 4 fully saturated rings. The molecule has 18 atom stereocenters. The molecule has 21 nitrogen and oxygen atoms in total. The van der Waals surface area contributed by atoms with Crippen LogP contribution in [0.5, 0.6) is 0 Å². The Hall–Kier alpha value is -2.57. The average Bonchev–Trinajstić information content (AvgIpc) is 1.85. The third-order valence-electron chi connectivity index (χ3n) is 17.1. The number of aliphatic hydroxyl groups excluding tert-OH is 1. The molecule has 0 spiro atoms. The van der Waals surface area contributed by atoms with Crippen molar-refractivity contribution in [3.05, 3.63) is 94.6 Å². The first-order valence-corrected chi connectivity index (χ1v) is 41.4. The average molecular weight is 1320 g/mol. The van der Waals surface area contributed by atoms with Gasteiger partial charge in [-0.05, 0) is 131 Å². The summed E-state index contributed by atoms with van der Waals surface area (Å²) in [6, 6.07) is 16.8. The molecule has 2 aromatic carbocycles. The van der Waals surface area contributed by atoms with Gasteiger partial charge >= 0.3 is 25.5 Å². The molecule has 0 aliphatic carbocycles. The maximum absolute atomic E-state index is 14.3. The Balaban J connectivity index is 0.000000314. The number of hydrogen-bond donors (Lipinski definition) is 3. The Morgan fingerprint density at radius 3 is 1.28 bits per heavy atom. The normalized spacial score (nSPS) is 32.7. The lowest BCUT2D eigenvalue weighted by Crippen LogP contribution is -2.50. The number of esters is 2. The van der Waals surface area contributed by atoms with Crippen LogP contribution in [0, 0.1) is 13.1 Å². The fourth-order valence-corrected chi connectivity index (χ4v) is 18.7. The summed E-state index contributed by atoms with van der Waals surface area (Å²) in [5.74, 6) is -0.865. The van der Waals surface area contributed by atoms with Crippen LogP contribution < -0.4 is 0 Å². The van der Waals surface area contributed by atoms with E-state index >= 15 is 0 Å². The molecule has 27 heteroatoms. The summed E-state index contributed by atoms with van der Waals surface area (Å²) in [5.41, 5.74) is -2.44. The molecule has 2 aromatic rings. The standard InChI is InChI=1S/C30H48NO9PSSi.C29H46NO10PSSi/c1-11-23-26(40-43(9,10)29(4,5)6)25(20(2)36-23)39-41(34,42-18-17-31-8)35-19-24-27(30(7,33)21(3)37-24)38-28(32)22-15-13-12-14-16-22;1-19-24(25(22(17-31)36-19)40-43(8,9)28(3,4)5)39-41(34,42-16-15-30-7)35-18-23-26(29(6,33)20(2)37-23)38-27(32)21-13-11-10-12-14-21/h12-16,20-21,23-27,33H,11,17-19H2,1-7,9-10H3;10-14,19-20,22-26,31,33H,15-18H2,1-6,8-9H3/t20-,21-,23+,24+,25+,26?,27?,30+,41?;19-,20-,22+,23+,24+,25?,26?,29+,41?/m00/s1. The molecule has 0 bridgehead atoms. The van der Waals surface area contributed by atoms with Crippen LogP contribution in [-0.2, 0) is 64.5 Å². The first kappa shape index (κ1) is 74.2. The number of benzene rings is 2. The number of ether oxygens (including phenoxy) is 6. The van der Waals surface area contributed by atoms with E-state index in [-0.39, 0.29) is 60.6 Å². The summed E-state index contributed by atoms with van der Waals surface area (Å²) < 4.78 is 102. The van der Waals surface area contributed by atoms with E-state index in [9.17, 15) is 34.0 Å². The van der Waals surface area contributed by atoms with Gasteiger partial charge in [-0.3, -0.25) is 18.1 Å². The minimum atomic E-state index is -4.00. The zero-order valence-electron chi connectivity index (χ0n) is 53.0. The lowest BCUT2D eigenvalue weighted by molar-refractivity contribution is -0.0693. The minimum Gasteiger partial charge on any atom is -0.453 e. The van der Waals surface area contributed by atoms with Crippen molar-refractivity contribution >= 4 is 64.9 Å². The highest BCUT2D eigenvalue weighted by Crippen LogP contribution is 2.64. The maximum Gasteiger partial charge on any atom is 0.389 e. The van der Waals surface area contributed by atoms with Gasteiger partial charge in [-0.1, -0.05) is 84.9 Å². The second-order valence-electron chi connectivity index (χ2n) is 25.6. The van der Waals surface area contributed by atoms with E-state index in [4.69, 9.17) is 68.5 Å². The third kappa shape index (κ3) is 18.8. The topological polar surface area (TPSA) is 248 Å². The molecule has 484 valence electrons. The van der Waals surface area contributed by atoms with E-state index in [1.54, 1.807) is 81.4 Å². The quantitative estimate of drug-likeness (QED) is 0.0260. The Bertz CT molecular complexity index is 2530. The molecule has 4 aliphatic rings. The number of rotatable bonds is 26. The molecule has 0 saturated carbocycles. The lowest BCUT2D eigenvalue weighted by atomic mass is 9.93. The first-order valence-electron chi connectivity index (χ1n) is 29.3. The number of nitrogens with zero attached hydrogens (tertiary/aromatic N) is 2. The summed E-state index contributed by atoms with van der Waals surface area (Å²) >= 11 is 1.82. The van der Waals surface area contributed by atoms with Gasteiger partial charge in [-0.25, -0.2) is 31.9 Å². The Morgan fingerprint density at radius 2 is 0.953 bits per heavy atom. The van der Waals surface area contributed by atoms with E-state index in [0.717, 1.165) is 22.8 Å². The minimum absolute atomic E-state index is 0.0636. The molecule has 3 N–H and O–H groups in total. The van der Waals surface area contributed by atoms with Gasteiger partial charge in [0.05, 0.1) is 73.0 Å². The summed E-state index contributed by atoms with van der Waals surface area (Å²) in [6.45, 7) is 38.9. The van der Waals surface area contributed by atoms with Crippen molar-refractivity contribution in [2.24, 2.45) is 0 Å². The van der Waals surface area contributed by atoms with Crippen molar-refractivity contribution in [3.8, 4) is 0 Å². The molecule has 0 amide bonds. The van der Waals surface area contributed by atoms with Gasteiger partial charge < -0.3 is 62.3 Å². The predicted molar refractivity (Wildman–Crippen MR) is 336 cm³/mol. The van der Waals surface area contributed by atoms with Crippen molar-refractivity contribution in [2.75, 3.05) is 44.4 Å². The first-order chi connectivity index (χ1) is 39.9. The predicted octanol–water partition coefficient (Wildman–Crippen LogP) is 11.6. The van der Waals surface area contributed by atoms with Crippen LogP contribution in [0.3, 0.4) is 0 Å². The van der Waals surface area contributed by atoms with Crippen LogP contribution in [-0.4, -0.2) is 185 Å². The van der Waals surface area contributed by atoms with Gasteiger partial charge in [0, 0.05) is 0 Å². The molecular formula is C59H94N2O19P2S2Si2. The van der Waals surface area contributed by atoms with Gasteiger partial charge in [0.2, 0.25) is 13.1 Å². The molecule has 0 radical (unpaired) electrons. The molecular weight excluding hydrogens is 1220 g/mol. The Labute approximate surface area is 520 Å². The molecule has 4 heterocycles. The molecule has 6 rings (SSSR count). The van der Waals surface area contributed by atoms with Crippen molar-refractivity contribution in [1.29, 1.82) is 0 Å². The summed E-state index contributed by atoms with van der Waals surface area (Å²) in [7, 11) is -4.62.